The van der Waals surface area contributed by atoms with Crippen LogP contribution in [-0.2, 0) is 16.1 Å². The maximum Gasteiger partial charge on any atom is 0.325 e. The van der Waals surface area contributed by atoms with Crippen LogP contribution in [-0.4, -0.2) is 25.5 Å². The van der Waals surface area contributed by atoms with E-state index in [0.29, 0.717) is 16.9 Å². The van der Waals surface area contributed by atoms with Gasteiger partial charge in [0, 0.05) is 15.6 Å². The van der Waals surface area contributed by atoms with Crippen LogP contribution in [0.25, 0.3) is 0 Å². The molecule has 0 aliphatic heterocycles. The summed E-state index contributed by atoms with van der Waals surface area (Å²) in [5, 5.41) is 2.46. The van der Waals surface area contributed by atoms with Gasteiger partial charge in [0.1, 0.15) is 24.7 Å². The molecule has 5 nitrogen and oxygen atoms in total. The van der Waals surface area contributed by atoms with Gasteiger partial charge in [-0.25, -0.2) is 4.39 Å². The van der Waals surface area contributed by atoms with Crippen LogP contribution in [0.5, 0.6) is 5.75 Å². The van der Waals surface area contributed by atoms with Crippen molar-refractivity contribution in [3.8, 4) is 5.75 Å². The molecule has 7 heteroatoms. The molecule has 0 unspecified atom stereocenters. The number of ether oxygens (including phenoxy) is 2. The Morgan fingerprint density at radius 1 is 1.17 bits per heavy atom. The van der Waals surface area contributed by atoms with E-state index < -0.39 is 11.8 Å². The summed E-state index contributed by atoms with van der Waals surface area (Å²) in [5.41, 5.74) is 0.836. The lowest BCUT2D eigenvalue weighted by Crippen LogP contribution is -2.30. The quantitative estimate of drug-likeness (QED) is 0.763. The number of halogens is 2. The van der Waals surface area contributed by atoms with Crippen LogP contribution >= 0.6 is 15.9 Å². The lowest BCUT2D eigenvalue weighted by molar-refractivity contribution is -0.143. The first-order valence-electron chi connectivity index (χ1n) is 7.01. The van der Waals surface area contributed by atoms with Crippen molar-refractivity contribution < 1.29 is 23.5 Å². The minimum atomic E-state index is -0.633. The number of rotatable bonds is 6. The summed E-state index contributed by atoms with van der Waals surface area (Å²) in [4.78, 5) is 23.6. The third kappa shape index (κ3) is 5.06. The van der Waals surface area contributed by atoms with E-state index in [2.05, 4.69) is 21.2 Å². The number of carbonyl (C=O) groups is 2. The van der Waals surface area contributed by atoms with Crippen LogP contribution < -0.4 is 10.1 Å². The first kappa shape index (κ1) is 17.9. The third-order valence-corrected chi connectivity index (χ3v) is 3.66. The average molecular weight is 396 g/mol. The Hall–Kier alpha value is -2.41. The van der Waals surface area contributed by atoms with E-state index in [9.17, 15) is 14.0 Å². The summed E-state index contributed by atoms with van der Waals surface area (Å²) in [5.74, 6) is -1.05. The Morgan fingerprint density at radius 2 is 1.88 bits per heavy atom. The number of hydrogen-bond donors (Lipinski definition) is 1. The fourth-order valence-electron chi connectivity index (χ4n) is 1.93. The molecule has 0 atom stereocenters. The van der Waals surface area contributed by atoms with E-state index in [0.717, 1.165) is 4.47 Å². The molecule has 0 spiro atoms. The second kappa shape index (κ2) is 8.44. The second-order valence-electron chi connectivity index (χ2n) is 4.81. The summed E-state index contributed by atoms with van der Waals surface area (Å²) >= 11 is 3.27. The molecule has 2 aromatic rings. The molecule has 0 aromatic heterocycles. The first-order valence-corrected chi connectivity index (χ1v) is 7.80. The van der Waals surface area contributed by atoms with Crippen LogP contribution in [0, 0.1) is 5.82 Å². The van der Waals surface area contributed by atoms with Crippen LogP contribution in [0.3, 0.4) is 0 Å². The molecular formula is C17H15BrFNO4. The number of esters is 1. The third-order valence-electron chi connectivity index (χ3n) is 3.13. The Labute approximate surface area is 146 Å². The van der Waals surface area contributed by atoms with Gasteiger partial charge >= 0.3 is 5.97 Å². The van der Waals surface area contributed by atoms with Crippen molar-refractivity contribution in [2.75, 3.05) is 13.7 Å². The monoisotopic (exact) mass is 395 g/mol. The van der Waals surface area contributed by atoms with E-state index in [4.69, 9.17) is 9.47 Å². The van der Waals surface area contributed by atoms with Crippen molar-refractivity contribution in [2.24, 2.45) is 0 Å². The van der Waals surface area contributed by atoms with E-state index >= 15 is 0 Å². The fourth-order valence-corrected chi connectivity index (χ4v) is 2.19. The molecule has 2 rings (SSSR count). The number of carbonyl (C=O) groups excluding carboxylic acids is 2. The zero-order valence-electron chi connectivity index (χ0n) is 12.8. The number of benzene rings is 2. The predicted molar refractivity (Wildman–Crippen MR) is 89.2 cm³/mol. The van der Waals surface area contributed by atoms with Gasteiger partial charge in [-0.2, -0.15) is 0 Å². The van der Waals surface area contributed by atoms with Crippen LogP contribution in [0.15, 0.2) is 46.9 Å². The molecule has 24 heavy (non-hydrogen) atoms. The molecule has 0 aliphatic carbocycles. The molecule has 1 N–H and O–H groups in total. The molecule has 0 fully saturated rings. The van der Waals surface area contributed by atoms with Crippen molar-refractivity contribution in [1.82, 2.24) is 5.32 Å². The molecule has 2 aromatic carbocycles. The van der Waals surface area contributed by atoms with Gasteiger partial charge in [-0.1, -0.05) is 15.9 Å². The van der Waals surface area contributed by atoms with Crippen molar-refractivity contribution in [3.05, 3.63) is 63.9 Å². The fraction of sp³-hybridized carbons (Fsp3) is 0.176. The van der Waals surface area contributed by atoms with E-state index in [1.54, 1.807) is 24.3 Å². The Bertz CT molecular complexity index is 734. The maximum atomic E-state index is 13.2. The molecule has 0 saturated heterocycles. The minimum Gasteiger partial charge on any atom is -0.496 e. The zero-order chi connectivity index (χ0) is 17.5. The lowest BCUT2D eigenvalue weighted by Gasteiger charge is -2.10. The number of hydrogen-bond acceptors (Lipinski definition) is 4. The molecule has 0 bridgehead atoms. The minimum absolute atomic E-state index is 0.145. The Balaban J connectivity index is 1.84. The highest BCUT2D eigenvalue weighted by molar-refractivity contribution is 9.10. The standard InChI is InChI=1S/C17H15BrFNO4/c1-23-15-7-6-14(19)8-12(15)10-24-16(21)9-20-17(22)11-2-4-13(18)5-3-11/h2-8H,9-10H2,1H3,(H,20,22). The predicted octanol–water partition coefficient (Wildman–Crippen LogP) is 3.07. The maximum absolute atomic E-state index is 13.2. The summed E-state index contributed by atoms with van der Waals surface area (Å²) in [6, 6.07) is 10.6. The number of amides is 1. The molecule has 1 amide bonds. The topological polar surface area (TPSA) is 64.6 Å². The van der Waals surface area contributed by atoms with Gasteiger partial charge in [-0.3, -0.25) is 9.59 Å². The van der Waals surface area contributed by atoms with Crippen molar-refractivity contribution >= 4 is 27.8 Å². The second-order valence-corrected chi connectivity index (χ2v) is 5.72. The van der Waals surface area contributed by atoms with Crippen molar-refractivity contribution in [1.29, 1.82) is 0 Å². The summed E-state index contributed by atoms with van der Waals surface area (Å²) in [7, 11) is 1.44. The largest absolute Gasteiger partial charge is 0.496 e. The SMILES string of the molecule is COc1ccc(F)cc1COC(=O)CNC(=O)c1ccc(Br)cc1. The Kier molecular flexibility index (Phi) is 6.31. The molecule has 0 saturated carbocycles. The van der Waals surface area contributed by atoms with E-state index in [-0.39, 0.29) is 19.1 Å². The van der Waals surface area contributed by atoms with Crippen LogP contribution in [0.2, 0.25) is 0 Å². The molecular weight excluding hydrogens is 381 g/mol. The van der Waals surface area contributed by atoms with Gasteiger partial charge in [0.15, 0.2) is 0 Å². The van der Waals surface area contributed by atoms with Crippen molar-refractivity contribution in [2.45, 2.75) is 6.61 Å². The normalized spacial score (nSPS) is 10.1. The zero-order valence-corrected chi connectivity index (χ0v) is 14.4. The van der Waals surface area contributed by atoms with Gasteiger partial charge in [0.2, 0.25) is 0 Å². The van der Waals surface area contributed by atoms with Gasteiger partial charge in [0.25, 0.3) is 5.91 Å². The van der Waals surface area contributed by atoms with Gasteiger partial charge in [-0.15, -0.1) is 0 Å². The smallest absolute Gasteiger partial charge is 0.325 e. The van der Waals surface area contributed by atoms with Crippen LogP contribution in [0.1, 0.15) is 15.9 Å². The summed E-state index contributed by atoms with van der Waals surface area (Å²) in [6.45, 7) is -0.430. The van der Waals surface area contributed by atoms with Gasteiger partial charge in [-0.05, 0) is 42.5 Å². The first-order chi connectivity index (χ1) is 11.5. The summed E-state index contributed by atoms with van der Waals surface area (Å²) in [6.07, 6.45) is 0. The van der Waals surface area contributed by atoms with Crippen LogP contribution in [0.4, 0.5) is 4.39 Å². The molecule has 0 heterocycles. The highest BCUT2D eigenvalue weighted by atomic mass is 79.9. The van der Waals surface area contributed by atoms with Gasteiger partial charge < -0.3 is 14.8 Å². The highest BCUT2D eigenvalue weighted by Gasteiger charge is 2.11. The average Bonchev–Trinajstić information content (AvgIpc) is 2.58. The molecule has 0 radical (unpaired) electrons. The van der Waals surface area contributed by atoms with E-state index in [1.807, 2.05) is 0 Å². The van der Waals surface area contributed by atoms with E-state index in [1.165, 1.54) is 25.3 Å². The molecule has 0 aliphatic rings. The number of methoxy groups -OCH3 is 1. The van der Waals surface area contributed by atoms with Crippen molar-refractivity contribution in [3.63, 3.8) is 0 Å². The highest BCUT2D eigenvalue weighted by Crippen LogP contribution is 2.20. The number of nitrogens with one attached hydrogen (secondary N) is 1. The van der Waals surface area contributed by atoms with Gasteiger partial charge in [0.05, 0.1) is 7.11 Å². The summed E-state index contributed by atoms with van der Waals surface area (Å²) < 4.78 is 24.2. The lowest BCUT2D eigenvalue weighted by atomic mass is 10.2. The molecule has 126 valence electrons. The Morgan fingerprint density at radius 3 is 2.54 bits per heavy atom.